The van der Waals surface area contributed by atoms with Crippen LogP contribution in [0.2, 0.25) is 5.02 Å². The van der Waals surface area contributed by atoms with Gasteiger partial charge in [-0.1, -0.05) is 17.2 Å². The smallest absolute Gasteiger partial charge is 0.339 e. The Kier molecular flexibility index (Phi) is 7.24. The Hall–Kier alpha value is -2.79. The minimum atomic E-state index is -1.16. The van der Waals surface area contributed by atoms with Crippen LogP contribution in [0.3, 0.4) is 0 Å². The van der Waals surface area contributed by atoms with E-state index in [2.05, 4.69) is 6.58 Å². The van der Waals surface area contributed by atoms with Crippen molar-refractivity contribution in [2.75, 3.05) is 14.2 Å². The summed E-state index contributed by atoms with van der Waals surface area (Å²) in [4.78, 5) is 24.7. The lowest BCUT2D eigenvalue weighted by Gasteiger charge is -2.19. The number of aromatic carboxylic acids is 1. The predicted molar refractivity (Wildman–Crippen MR) is 109 cm³/mol. The minimum absolute atomic E-state index is 0.0256. The van der Waals surface area contributed by atoms with Crippen LogP contribution in [-0.2, 0) is 12.8 Å². The average molecular weight is 403 g/mol. The molecule has 0 fully saturated rings. The van der Waals surface area contributed by atoms with Crippen molar-refractivity contribution in [1.29, 1.82) is 0 Å². The zero-order valence-electron chi connectivity index (χ0n) is 16.2. The number of carbonyl (C=O) groups is 2. The van der Waals surface area contributed by atoms with E-state index in [0.717, 1.165) is 5.57 Å². The molecule has 0 unspecified atom stereocenters. The fourth-order valence-electron chi connectivity index (χ4n) is 2.99. The molecule has 2 aromatic rings. The SMILES string of the molecule is C=C(C)CCc1c(OC)cc(CC(=O)c2ccc(Cl)cc2)c(C(=O)O)c1OC. The van der Waals surface area contributed by atoms with Crippen molar-refractivity contribution in [1.82, 2.24) is 0 Å². The first-order valence-corrected chi connectivity index (χ1v) is 9.09. The van der Waals surface area contributed by atoms with Gasteiger partial charge in [-0.3, -0.25) is 4.79 Å². The summed E-state index contributed by atoms with van der Waals surface area (Å²) in [6.07, 6.45) is 1.08. The maximum absolute atomic E-state index is 12.7. The number of carboxylic acids is 1. The Morgan fingerprint density at radius 3 is 2.29 bits per heavy atom. The summed E-state index contributed by atoms with van der Waals surface area (Å²) in [5.74, 6) is -0.679. The maximum atomic E-state index is 12.7. The van der Waals surface area contributed by atoms with Crippen molar-refractivity contribution in [2.24, 2.45) is 0 Å². The molecule has 0 amide bonds. The fraction of sp³-hybridized carbons (Fsp3) is 0.273. The Morgan fingerprint density at radius 1 is 1.14 bits per heavy atom. The van der Waals surface area contributed by atoms with Gasteiger partial charge in [0.15, 0.2) is 5.78 Å². The topological polar surface area (TPSA) is 72.8 Å². The molecule has 2 aromatic carbocycles. The monoisotopic (exact) mass is 402 g/mol. The van der Waals surface area contributed by atoms with E-state index in [4.69, 9.17) is 21.1 Å². The number of carboxylic acid groups (broad SMARTS) is 1. The summed E-state index contributed by atoms with van der Waals surface area (Å²) in [5, 5.41) is 10.3. The predicted octanol–water partition coefficient (Wildman–Crippen LogP) is 4.99. The molecule has 0 aliphatic rings. The van der Waals surface area contributed by atoms with E-state index in [-0.39, 0.29) is 23.5 Å². The quantitative estimate of drug-likeness (QED) is 0.472. The molecule has 0 aliphatic carbocycles. The maximum Gasteiger partial charge on any atom is 0.339 e. The van der Waals surface area contributed by atoms with Crippen molar-refractivity contribution in [2.45, 2.75) is 26.2 Å². The van der Waals surface area contributed by atoms with E-state index in [9.17, 15) is 14.7 Å². The van der Waals surface area contributed by atoms with Crippen molar-refractivity contribution in [3.05, 3.63) is 69.8 Å². The molecule has 1 N–H and O–H groups in total. The van der Waals surface area contributed by atoms with Gasteiger partial charge in [0.2, 0.25) is 0 Å². The summed E-state index contributed by atoms with van der Waals surface area (Å²) in [5.41, 5.74) is 2.36. The summed E-state index contributed by atoms with van der Waals surface area (Å²) in [6.45, 7) is 5.78. The van der Waals surface area contributed by atoms with Crippen LogP contribution in [-0.4, -0.2) is 31.1 Å². The third kappa shape index (κ3) is 4.93. The number of carbonyl (C=O) groups excluding carboxylic acids is 1. The van der Waals surface area contributed by atoms with Crippen LogP contribution >= 0.6 is 11.6 Å². The van der Waals surface area contributed by atoms with Crippen LogP contribution in [0.25, 0.3) is 0 Å². The van der Waals surface area contributed by atoms with Gasteiger partial charge in [0.1, 0.15) is 17.1 Å². The first-order valence-electron chi connectivity index (χ1n) is 8.71. The Labute approximate surface area is 169 Å². The molecular formula is C22H23ClO5. The normalized spacial score (nSPS) is 10.4. The second kappa shape index (κ2) is 9.42. The minimum Gasteiger partial charge on any atom is -0.496 e. The second-order valence-corrected chi connectivity index (χ2v) is 6.93. The van der Waals surface area contributed by atoms with Gasteiger partial charge >= 0.3 is 5.97 Å². The lowest BCUT2D eigenvalue weighted by atomic mass is 9.93. The summed E-state index contributed by atoms with van der Waals surface area (Å²) in [6, 6.07) is 8.07. The van der Waals surface area contributed by atoms with Crippen LogP contribution in [0.5, 0.6) is 11.5 Å². The number of rotatable bonds is 9. The zero-order valence-corrected chi connectivity index (χ0v) is 16.9. The summed E-state index contributed by atoms with van der Waals surface area (Å²) >= 11 is 5.86. The summed E-state index contributed by atoms with van der Waals surface area (Å²) < 4.78 is 10.9. The second-order valence-electron chi connectivity index (χ2n) is 6.49. The number of hydrogen-bond acceptors (Lipinski definition) is 4. The first-order chi connectivity index (χ1) is 13.3. The van der Waals surface area contributed by atoms with Crippen LogP contribution in [0.4, 0.5) is 0 Å². The molecule has 0 atom stereocenters. The molecule has 0 saturated heterocycles. The molecule has 148 valence electrons. The van der Waals surface area contributed by atoms with Gasteiger partial charge < -0.3 is 14.6 Å². The van der Waals surface area contributed by atoms with Crippen LogP contribution in [0.15, 0.2) is 42.5 Å². The number of ketones is 1. The van der Waals surface area contributed by atoms with E-state index in [1.807, 2.05) is 6.92 Å². The molecule has 0 aliphatic heterocycles. The van der Waals surface area contributed by atoms with Crippen LogP contribution in [0.1, 0.15) is 45.2 Å². The Morgan fingerprint density at radius 2 is 1.79 bits per heavy atom. The Bertz CT molecular complexity index is 900. The highest BCUT2D eigenvalue weighted by Crippen LogP contribution is 2.37. The van der Waals surface area contributed by atoms with Gasteiger partial charge in [0, 0.05) is 22.6 Å². The molecule has 0 radical (unpaired) electrons. The highest BCUT2D eigenvalue weighted by molar-refractivity contribution is 6.30. The third-order valence-electron chi connectivity index (χ3n) is 4.38. The molecule has 2 rings (SSSR count). The largest absolute Gasteiger partial charge is 0.496 e. The molecule has 0 bridgehead atoms. The van der Waals surface area contributed by atoms with Gasteiger partial charge in [-0.15, -0.1) is 6.58 Å². The van der Waals surface area contributed by atoms with Crippen LogP contribution < -0.4 is 9.47 Å². The molecule has 28 heavy (non-hydrogen) atoms. The van der Waals surface area contributed by atoms with Gasteiger partial charge in [0.25, 0.3) is 0 Å². The number of Topliss-reactive ketones (excluding diaryl/α,β-unsaturated/α-hetero) is 1. The van der Waals surface area contributed by atoms with Crippen molar-refractivity contribution >= 4 is 23.4 Å². The molecule has 6 heteroatoms. The molecule has 0 spiro atoms. The molecule has 0 aromatic heterocycles. The molecule has 5 nitrogen and oxygen atoms in total. The molecule has 0 saturated carbocycles. The standard InChI is InChI=1S/C22H23ClO5/c1-13(2)5-10-17-19(27-3)12-15(20(22(25)26)21(17)28-4)11-18(24)14-6-8-16(23)9-7-14/h6-9,12H,1,5,10-11H2,2-4H3,(H,25,26). The van der Waals surface area contributed by atoms with E-state index < -0.39 is 5.97 Å². The van der Waals surface area contributed by atoms with E-state index >= 15 is 0 Å². The number of benzene rings is 2. The number of ether oxygens (including phenoxy) is 2. The summed E-state index contributed by atoms with van der Waals surface area (Å²) in [7, 11) is 2.92. The van der Waals surface area contributed by atoms with Gasteiger partial charge in [-0.05, 0) is 55.7 Å². The lowest BCUT2D eigenvalue weighted by Crippen LogP contribution is -2.13. The number of hydrogen-bond donors (Lipinski definition) is 1. The highest BCUT2D eigenvalue weighted by Gasteiger charge is 2.25. The fourth-order valence-corrected chi connectivity index (χ4v) is 3.12. The van der Waals surface area contributed by atoms with Gasteiger partial charge in [0.05, 0.1) is 14.2 Å². The van der Waals surface area contributed by atoms with Crippen molar-refractivity contribution in [3.8, 4) is 11.5 Å². The third-order valence-corrected chi connectivity index (χ3v) is 4.63. The van der Waals surface area contributed by atoms with E-state index in [1.54, 1.807) is 30.3 Å². The van der Waals surface area contributed by atoms with Crippen molar-refractivity contribution in [3.63, 3.8) is 0 Å². The number of halogens is 1. The zero-order chi connectivity index (χ0) is 20.8. The first kappa shape index (κ1) is 21.5. The van der Waals surface area contributed by atoms with E-state index in [1.165, 1.54) is 14.2 Å². The molecular weight excluding hydrogens is 380 g/mol. The average Bonchev–Trinajstić information content (AvgIpc) is 2.65. The van der Waals surface area contributed by atoms with Gasteiger partial charge in [-0.25, -0.2) is 4.79 Å². The molecule has 0 heterocycles. The Balaban J connectivity index is 2.53. The lowest BCUT2D eigenvalue weighted by molar-refractivity contribution is 0.0692. The van der Waals surface area contributed by atoms with Crippen LogP contribution in [0, 0.1) is 0 Å². The highest BCUT2D eigenvalue weighted by atomic mass is 35.5. The van der Waals surface area contributed by atoms with Gasteiger partial charge in [-0.2, -0.15) is 0 Å². The van der Waals surface area contributed by atoms with E-state index in [0.29, 0.717) is 40.3 Å². The van der Waals surface area contributed by atoms with Crippen molar-refractivity contribution < 1.29 is 24.2 Å². The number of methoxy groups -OCH3 is 2. The number of allylic oxidation sites excluding steroid dienone is 1.